The molecule has 0 heterocycles. The van der Waals surface area contributed by atoms with Crippen LogP contribution in [-0.2, 0) is 0 Å². The zero-order valence-electron chi connectivity index (χ0n) is 4.31. The summed E-state index contributed by atoms with van der Waals surface area (Å²) in [6.45, 7) is 3.80. The fraction of sp³-hybridized carbons (Fsp3) is 0.800. The Hall–Kier alpha value is -0.170. The van der Waals surface area contributed by atoms with Crippen LogP contribution in [0.5, 0.6) is 0 Å². The first-order chi connectivity index (χ1) is 2.81. The van der Waals surface area contributed by atoms with Crippen molar-refractivity contribution >= 4 is 0 Å². The minimum atomic E-state index is -0.190. The van der Waals surface area contributed by atoms with Gasteiger partial charge in [-0.1, -0.05) is 6.92 Å². The van der Waals surface area contributed by atoms with E-state index in [2.05, 4.69) is 0 Å². The van der Waals surface area contributed by atoms with Crippen molar-refractivity contribution in [3.8, 4) is 0 Å². The smallest absolute Gasteiger partial charge is 0.193 e. The molecular formula is C5H11O+. The van der Waals surface area contributed by atoms with Crippen molar-refractivity contribution in [2.24, 2.45) is 0 Å². The van der Waals surface area contributed by atoms with Crippen molar-refractivity contribution in [2.75, 3.05) is 0 Å². The van der Waals surface area contributed by atoms with Gasteiger partial charge in [0.15, 0.2) is 6.10 Å². The zero-order chi connectivity index (χ0) is 4.99. The standard InChI is InChI=1S/C5H11O/c1-3-5(6)4-2/h3,5-6H,4H2,1-2H3/q+1. The molecular weight excluding hydrogens is 76.1 g/mol. The van der Waals surface area contributed by atoms with Gasteiger partial charge in [0.2, 0.25) is 0 Å². The van der Waals surface area contributed by atoms with Gasteiger partial charge in [-0.05, 0) is 0 Å². The van der Waals surface area contributed by atoms with Crippen molar-refractivity contribution < 1.29 is 5.11 Å². The average Bonchev–Trinajstić information content (AvgIpc) is 1.65. The Kier molecular flexibility index (Phi) is 2.95. The summed E-state index contributed by atoms with van der Waals surface area (Å²) in [5.41, 5.74) is 0. The van der Waals surface area contributed by atoms with Gasteiger partial charge < -0.3 is 5.11 Å². The first-order valence-electron chi connectivity index (χ1n) is 2.28. The molecule has 1 atom stereocenters. The van der Waals surface area contributed by atoms with E-state index < -0.39 is 0 Å². The zero-order valence-corrected chi connectivity index (χ0v) is 4.31. The highest BCUT2D eigenvalue weighted by molar-refractivity contribution is 4.65. The number of aliphatic hydroxyl groups is 1. The van der Waals surface area contributed by atoms with E-state index in [0.717, 1.165) is 6.42 Å². The molecule has 36 valence electrons. The number of aliphatic hydroxyl groups excluding tert-OH is 1. The fourth-order valence-electron chi connectivity index (χ4n) is 0.236. The summed E-state index contributed by atoms with van der Waals surface area (Å²) in [5, 5.41) is 8.61. The predicted molar refractivity (Wildman–Crippen MR) is 26.3 cm³/mol. The van der Waals surface area contributed by atoms with Gasteiger partial charge >= 0.3 is 0 Å². The molecule has 6 heavy (non-hydrogen) atoms. The number of hydrogen-bond donors (Lipinski definition) is 1. The SMILES string of the molecule is C[CH+]C(O)CC. The van der Waals surface area contributed by atoms with Gasteiger partial charge in [-0.15, -0.1) is 0 Å². The van der Waals surface area contributed by atoms with E-state index in [9.17, 15) is 0 Å². The van der Waals surface area contributed by atoms with Crippen LogP contribution >= 0.6 is 0 Å². The molecule has 0 aromatic carbocycles. The van der Waals surface area contributed by atoms with E-state index in [-0.39, 0.29) is 6.10 Å². The van der Waals surface area contributed by atoms with Crippen LogP contribution in [0.4, 0.5) is 0 Å². The monoisotopic (exact) mass is 87.1 g/mol. The van der Waals surface area contributed by atoms with Gasteiger partial charge in [0.05, 0.1) is 6.92 Å². The third kappa shape index (κ3) is 2.09. The van der Waals surface area contributed by atoms with Gasteiger partial charge in [-0.2, -0.15) is 0 Å². The third-order valence-corrected chi connectivity index (χ3v) is 0.803. The molecule has 0 aliphatic rings. The average molecular weight is 87.1 g/mol. The predicted octanol–water partition coefficient (Wildman–Crippen LogP) is 0.981. The first-order valence-corrected chi connectivity index (χ1v) is 2.28. The Morgan fingerprint density at radius 3 is 2.33 bits per heavy atom. The topological polar surface area (TPSA) is 20.2 Å². The van der Waals surface area contributed by atoms with E-state index in [1.165, 1.54) is 0 Å². The molecule has 1 N–H and O–H groups in total. The lowest BCUT2D eigenvalue weighted by Crippen LogP contribution is -2.00. The second-order valence-corrected chi connectivity index (χ2v) is 1.31. The van der Waals surface area contributed by atoms with E-state index in [0.29, 0.717) is 0 Å². The Morgan fingerprint density at radius 1 is 1.83 bits per heavy atom. The quantitative estimate of drug-likeness (QED) is 0.498. The highest BCUT2D eigenvalue weighted by Crippen LogP contribution is 1.90. The molecule has 0 aliphatic carbocycles. The summed E-state index contributed by atoms with van der Waals surface area (Å²) in [6.07, 6.45) is 2.42. The van der Waals surface area contributed by atoms with Gasteiger partial charge in [-0.3, -0.25) is 0 Å². The molecule has 0 fully saturated rings. The molecule has 0 aromatic rings. The molecule has 0 rings (SSSR count). The molecule has 0 spiro atoms. The highest BCUT2D eigenvalue weighted by atomic mass is 16.3. The molecule has 1 unspecified atom stereocenters. The van der Waals surface area contributed by atoms with Crippen LogP contribution in [0.25, 0.3) is 0 Å². The van der Waals surface area contributed by atoms with Crippen LogP contribution in [0.15, 0.2) is 0 Å². The summed E-state index contributed by atoms with van der Waals surface area (Å²) in [7, 11) is 0. The van der Waals surface area contributed by atoms with Crippen LogP contribution in [0.3, 0.4) is 0 Å². The largest absolute Gasteiger partial charge is 0.353 e. The maximum absolute atomic E-state index is 8.61. The van der Waals surface area contributed by atoms with Crippen molar-refractivity contribution in [3.05, 3.63) is 6.42 Å². The van der Waals surface area contributed by atoms with Gasteiger partial charge in [0.1, 0.15) is 6.42 Å². The van der Waals surface area contributed by atoms with Crippen LogP contribution in [0.2, 0.25) is 0 Å². The van der Waals surface area contributed by atoms with Crippen molar-refractivity contribution in [1.82, 2.24) is 0 Å². The lowest BCUT2D eigenvalue weighted by atomic mass is 10.2. The number of hydrogen-bond acceptors (Lipinski definition) is 1. The summed E-state index contributed by atoms with van der Waals surface area (Å²) in [6, 6.07) is 0. The van der Waals surface area contributed by atoms with Crippen molar-refractivity contribution in [2.45, 2.75) is 26.4 Å². The van der Waals surface area contributed by atoms with Gasteiger partial charge in [0.25, 0.3) is 0 Å². The molecule has 1 nitrogen and oxygen atoms in total. The molecule has 0 amide bonds. The van der Waals surface area contributed by atoms with Gasteiger partial charge in [-0.25, -0.2) is 0 Å². The van der Waals surface area contributed by atoms with E-state index in [4.69, 9.17) is 5.11 Å². The molecule has 0 saturated carbocycles. The third-order valence-electron chi connectivity index (χ3n) is 0.803. The molecule has 1 heteroatoms. The first kappa shape index (κ1) is 5.83. The summed E-state index contributed by atoms with van der Waals surface area (Å²) in [5.74, 6) is 0. The van der Waals surface area contributed by atoms with E-state index >= 15 is 0 Å². The molecule has 0 aromatic heterocycles. The Bertz CT molecular complexity index is 23.1. The van der Waals surface area contributed by atoms with E-state index in [1.807, 2.05) is 13.8 Å². The normalized spacial score (nSPS) is 13.8. The van der Waals surface area contributed by atoms with Crippen LogP contribution in [0, 0.1) is 6.42 Å². The summed E-state index contributed by atoms with van der Waals surface area (Å²) in [4.78, 5) is 0. The lowest BCUT2D eigenvalue weighted by molar-refractivity contribution is 0.203. The lowest BCUT2D eigenvalue weighted by Gasteiger charge is -1.88. The minimum absolute atomic E-state index is 0.190. The van der Waals surface area contributed by atoms with Crippen LogP contribution < -0.4 is 0 Å². The number of rotatable bonds is 2. The van der Waals surface area contributed by atoms with Crippen molar-refractivity contribution in [3.63, 3.8) is 0 Å². The summed E-state index contributed by atoms with van der Waals surface area (Å²) < 4.78 is 0. The summed E-state index contributed by atoms with van der Waals surface area (Å²) >= 11 is 0. The Balaban J connectivity index is 2.75. The maximum atomic E-state index is 8.61. The molecule has 0 saturated heterocycles. The molecule has 0 aliphatic heterocycles. The molecule has 0 bridgehead atoms. The van der Waals surface area contributed by atoms with Crippen molar-refractivity contribution in [1.29, 1.82) is 0 Å². The second-order valence-electron chi connectivity index (χ2n) is 1.31. The minimum Gasteiger partial charge on any atom is -0.353 e. The van der Waals surface area contributed by atoms with E-state index in [1.54, 1.807) is 6.42 Å². The fourth-order valence-corrected chi connectivity index (χ4v) is 0.236. The second kappa shape index (κ2) is 3.04. The van der Waals surface area contributed by atoms with Crippen LogP contribution in [-0.4, -0.2) is 11.2 Å². The van der Waals surface area contributed by atoms with Crippen LogP contribution in [0.1, 0.15) is 20.3 Å². The van der Waals surface area contributed by atoms with Gasteiger partial charge in [0, 0.05) is 6.42 Å². The maximum Gasteiger partial charge on any atom is 0.193 e. The highest BCUT2D eigenvalue weighted by Gasteiger charge is 2.01. The molecule has 0 radical (unpaired) electrons. The Morgan fingerprint density at radius 2 is 2.33 bits per heavy atom. The Labute approximate surface area is 39.0 Å².